The highest BCUT2D eigenvalue weighted by atomic mass is 19.1. The molecular weight excluding hydrogens is 335 g/mol. The van der Waals surface area contributed by atoms with Gasteiger partial charge in [0.1, 0.15) is 5.82 Å². The van der Waals surface area contributed by atoms with Crippen LogP contribution in [0.1, 0.15) is 32.0 Å². The lowest BCUT2D eigenvalue weighted by Gasteiger charge is -2.15. The maximum Gasteiger partial charge on any atom is 0.256 e. The summed E-state index contributed by atoms with van der Waals surface area (Å²) in [5, 5.41) is 9.70. The minimum absolute atomic E-state index is 0.0778. The van der Waals surface area contributed by atoms with Gasteiger partial charge < -0.3 is 10.2 Å². The number of benzene rings is 2. The maximum atomic E-state index is 13.0. The number of halogens is 1. The summed E-state index contributed by atoms with van der Waals surface area (Å²) in [5.74, 6) is -0.479. The van der Waals surface area contributed by atoms with Crippen molar-refractivity contribution in [1.29, 1.82) is 0 Å². The first-order valence-corrected chi connectivity index (χ1v) is 8.09. The van der Waals surface area contributed by atoms with Gasteiger partial charge in [0, 0.05) is 16.7 Å². The van der Waals surface area contributed by atoms with E-state index < -0.39 is 5.82 Å². The molecule has 2 N–H and O–H groups in total. The summed E-state index contributed by atoms with van der Waals surface area (Å²) in [6, 6.07) is 14.3. The van der Waals surface area contributed by atoms with Gasteiger partial charge in [-0.05, 0) is 36.4 Å². The van der Waals surface area contributed by atoms with Crippen LogP contribution in [0.3, 0.4) is 0 Å². The van der Waals surface area contributed by atoms with Crippen molar-refractivity contribution < 1.29 is 14.0 Å². The number of anilines is 1. The topological polar surface area (TPSA) is 78.1 Å². The number of aromatic amines is 1. The fourth-order valence-electron chi connectivity index (χ4n) is 2.93. The Morgan fingerprint density at radius 2 is 1.73 bits per heavy atom. The number of amides is 2. The molecule has 6 nitrogen and oxygen atoms in total. The monoisotopic (exact) mass is 350 g/mol. The van der Waals surface area contributed by atoms with E-state index in [4.69, 9.17) is 0 Å². The fourth-order valence-corrected chi connectivity index (χ4v) is 2.93. The lowest BCUT2D eigenvalue weighted by atomic mass is 10.2. The third-order valence-electron chi connectivity index (χ3n) is 4.30. The molecule has 26 heavy (non-hydrogen) atoms. The van der Waals surface area contributed by atoms with Gasteiger partial charge in [0.05, 0.1) is 18.8 Å². The smallest absolute Gasteiger partial charge is 0.256 e. The van der Waals surface area contributed by atoms with Crippen LogP contribution in [0.15, 0.2) is 54.6 Å². The van der Waals surface area contributed by atoms with Gasteiger partial charge >= 0.3 is 0 Å². The van der Waals surface area contributed by atoms with Gasteiger partial charge in [0.25, 0.3) is 11.8 Å². The van der Waals surface area contributed by atoms with E-state index in [1.807, 2.05) is 18.2 Å². The zero-order valence-electron chi connectivity index (χ0n) is 13.7. The lowest BCUT2D eigenvalue weighted by molar-refractivity contribution is 0.0749. The number of carbonyl (C=O) groups excluding carboxylic acids is 2. The maximum absolute atomic E-state index is 13.0. The standard InChI is InChI=1S/C19H15FN4O2/c20-14-8-6-12(7-9-14)18(25)21-17-15-10-24(11-16(15)22-23-17)19(26)13-4-2-1-3-5-13/h1-9H,10-11H2,(H2,21,22,23,25). The first kappa shape index (κ1) is 16.0. The number of nitrogens with one attached hydrogen (secondary N) is 2. The number of carbonyl (C=O) groups is 2. The van der Waals surface area contributed by atoms with Crippen molar-refractivity contribution in [1.82, 2.24) is 15.1 Å². The molecule has 0 unspecified atom stereocenters. The molecule has 2 amide bonds. The first-order valence-electron chi connectivity index (χ1n) is 8.09. The summed E-state index contributed by atoms with van der Waals surface area (Å²) in [7, 11) is 0. The molecule has 7 heteroatoms. The van der Waals surface area contributed by atoms with E-state index >= 15 is 0 Å². The van der Waals surface area contributed by atoms with Crippen LogP contribution in [-0.2, 0) is 13.1 Å². The average molecular weight is 350 g/mol. The molecule has 2 aromatic carbocycles. The second-order valence-corrected chi connectivity index (χ2v) is 6.02. The molecule has 130 valence electrons. The summed E-state index contributed by atoms with van der Waals surface area (Å²) >= 11 is 0. The van der Waals surface area contributed by atoms with Crippen LogP contribution >= 0.6 is 0 Å². The number of aromatic nitrogens is 2. The Morgan fingerprint density at radius 3 is 2.46 bits per heavy atom. The molecule has 1 aliphatic heterocycles. The minimum Gasteiger partial charge on any atom is -0.328 e. The van der Waals surface area contributed by atoms with Crippen LogP contribution in [0.25, 0.3) is 0 Å². The highest BCUT2D eigenvalue weighted by Crippen LogP contribution is 2.28. The lowest BCUT2D eigenvalue weighted by Crippen LogP contribution is -2.26. The number of nitrogens with zero attached hydrogens (tertiary/aromatic N) is 2. The van der Waals surface area contributed by atoms with Crippen molar-refractivity contribution >= 4 is 17.6 Å². The van der Waals surface area contributed by atoms with Gasteiger partial charge in [-0.1, -0.05) is 18.2 Å². The van der Waals surface area contributed by atoms with E-state index in [1.165, 1.54) is 24.3 Å². The van der Waals surface area contributed by atoms with E-state index in [0.717, 1.165) is 11.3 Å². The predicted molar refractivity (Wildman–Crippen MR) is 93.0 cm³/mol. The van der Waals surface area contributed by atoms with E-state index in [2.05, 4.69) is 15.5 Å². The summed E-state index contributed by atoms with van der Waals surface area (Å²) < 4.78 is 13.0. The average Bonchev–Trinajstić information content (AvgIpc) is 3.24. The van der Waals surface area contributed by atoms with Crippen LogP contribution < -0.4 is 5.32 Å². The molecule has 0 radical (unpaired) electrons. The summed E-state index contributed by atoms with van der Waals surface area (Å²) in [6.07, 6.45) is 0. The van der Waals surface area contributed by atoms with Gasteiger partial charge in [0.15, 0.2) is 5.82 Å². The quantitative estimate of drug-likeness (QED) is 0.762. The van der Waals surface area contributed by atoms with Crippen molar-refractivity contribution in [3.05, 3.63) is 82.8 Å². The molecular formula is C19H15FN4O2. The Bertz CT molecular complexity index is 967. The molecule has 0 fully saturated rings. The van der Waals surface area contributed by atoms with Crippen molar-refractivity contribution in [2.24, 2.45) is 0 Å². The SMILES string of the molecule is O=C(Nc1n[nH]c2c1CN(C(=O)c1ccccc1)C2)c1ccc(F)cc1. The molecule has 0 aliphatic carbocycles. The fraction of sp³-hybridized carbons (Fsp3) is 0.105. The Labute approximate surface area is 148 Å². The summed E-state index contributed by atoms with van der Waals surface area (Å²) in [4.78, 5) is 26.5. The Hall–Kier alpha value is -3.48. The van der Waals surface area contributed by atoms with Crippen molar-refractivity contribution in [3.63, 3.8) is 0 Å². The van der Waals surface area contributed by atoms with E-state index in [9.17, 15) is 14.0 Å². The zero-order chi connectivity index (χ0) is 18.1. The molecule has 0 bridgehead atoms. The number of hydrogen-bond donors (Lipinski definition) is 2. The van der Waals surface area contributed by atoms with Gasteiger partial charge in [-0.15, -0.1) is 0 Å². The van der Waals surface area contributed by atoms with Crippen LogP contribution in [0.4, 0.5) is 10.2 Å². The normalized spacial score (nSPS) is 12.7. The molecule has 1 aromatic heterocycles. The van der Waals surface area contributed by atoms with Crippen LogP contribution in [0.5, 0.6) is 0 Å². The third-order valence-corrected chi connectivity index (χ3v) is 4.30. The highest BCUT2D eigenvalue weighted by molar-refractivity contribution is 6.04. The van der Waals surface area contributed by atoms with Crippen molar-refractivity contribution in [2.45, 2.75) is 13.1 Å². The minimum atomic E-state index is -0.405. The van der Waals surface area contributed by atoms with Gasteiger partial charge in [0.2, 0.25) is 0 Å². The Kier molecular flexibility index (Phi) is 3.96. The molecule has 0 atom stereocenters. The molecule has 0 saturated carbocycles. The van der Waals surface area contributed by atoms with E-state index in [1.54, 1.807) is 17.0 Å². The van der Waals surface area contributed by atoms with E-state index in [-0.39, 0.29) is 11.8 Å². The Morgan fingerprint density at radius 1 is 1.00 bits per heavy atom. The first-order chi connectivity index (χ1) is 12.6. The van der Waals surface area contributed by atoms with Crippen LogP contribution in [0.2, 0.25) is 0 Å². The highest BCUT2D eigenvalue weighted by Gasteiger charge is 2.29. The molecule has 1 aliphatic rings. The molecule has 2 heterocycles. The van der Waals surface area contributed by atoms with Gasteiger partial charge in [-0.3, -0.25) is 14.7 Å². The van der Waals surface area contributed by atoms with Crippen molar-refractivity contribution in [2.75, 3.05) is 5.32 Å². The summed E-state index contributed by atoms with van der Waals surface area (Å²) in [6.45, 7) is 0.765. The second kappa shape index (κ2) is 6.44. The molecule has 3 aromatic rings. The zero-order valence-corrected chi connectivity index (χ0v) is 13.7. The third kappa shape index (κ3) is 2.95. The number of hydrogen-bond acceptors (Lipinski definition) is 3. The molecule has 0 saturated heterocycles. The van der Waals surface area contributed by atoms with Crippen LogP contribution in [-0.4, -0.2) is 26.9 Å². The predicted octanol–water partition coefficient (Wildman–Crippen LogP) is 2.96. The number of fused-ring (bicyclic) bond motifs is 1. The number of rotatable bonds is 3. The largest absolute Gasteiger partial charge is 0.328 e. The summed E-state index contributed by atoms with van der Waals surface area (Å²) in [5.41, 5.74) is 2.52. The Balaban J connectivity index is 1.49. The van der Waals surface area contributed by atoms with Crippen LogP contribution in [0, 0.1) is 5.82 Å². The molecule has 0 spiro atoms. The van der Waals surface area contributed by atoms with Crippen molar-refractivity contribution in [3.8, 4) is 0 Å². The van der Waals surface area contributed by atoms with E-state index in [0.29, 0.717) is 30.0 Å². The van der Waals surface area contributed by atoms with Gasteiger partial charge in [-0.2, -0.15) is 5.10 Å². The number of H-pyrrole nitrogens is 1. The second-order valence-electron chi connectivity index (χ2n) is 6.02. The van der Waals surface area contributed by atoms with Gasteiger partial charge in [-0.25, -0.2) is 4.39 Å². The molecule has 4 rings (SSSR count).